The zero-order chi connectivity index (χ0) is 36.6. The number of benzene rings is 1. The van der Waals surface area contributed by atoms with Crippen LogP contribution in [0.25, 0.3) is 0 Å². The zero-order valence-electron chi connectivity index (χ0n) is 27.9. The van der Waals surface area contributed by atoms with Crippen molar-refractivity contribution in [1.29, 1.82) is 0 Å². The molecule has 2 N–H and O–H groups in total. The lowest BCUT2D eigenvalue weighted by molar-refractivity contribution is -0.396. The van der Waals surface area contributed by atoms with Crippen LogP contribution in [0.4, 0.5) is 43.9 Å². The third-order valence-electron chi connectivity index (χ3n) is 11.8. The van der Waals surface area contributed by atoms with Gasteiger partial charge in [0, 0.05) is 17.8 Å². The fourth-order valence-electron chi connectivity index (χ4n) is 9.03. The first-order chi connectivity index (χ1) is 22.6. The Hall–Kier alpha value is -2.20. The van der Waals surface area contributed by atoms with Crippen LogP contribution in [0, 0.1) is 35.5 Å². The van der Waals surface area contributed by atoms with E-state index in [1.807, 2.05) is 24.9 Å². The number of phenols is 1. The lowest BCUT2D eigenvalue weighted by atomic mass is 9.50. The Kier molecular flexibility index (Phi) is 11.7. The summed E-state index contributed by atoms with van der Waals surface area (Å²) < 4.78 is 133. The van der Waals surface area contributed by atoms with Gasteiger partial charge in [-0.25, -0.2) is 4.39 Å². The maximum absolute atomic E-state index is 16.1. The largest absolute Gasteiger partial charge is 0.508 e. The standard InChI is InChI=1S/C36H47F10NO2/c1-4-32(49)17-15-27-29-23(20-24-21-25(48)13-14-26(24)30(29)28(37)22-31(27,32)2)12-8-7-11-19-47(3)18-10-6-5-9-16-33(38,39)34(40,41)35(42,43)36(44,45)46/h1,13-14,21,23,27-30,48-49H,5-12,15-20,22H2,2-3H3/t23-,27+,28+,29+,30+,31+,32-/m1/s1. The number of alkyl halides is 10. The lowest BCUT2D eigenvalue weighted by Gasteiger charge is -2.55. The highest BCUT2D eigenvalue weighted by atomic mass is 19.4. The molecule has 0 unspecified atom stereocenters. The predicted octanol–water partition coefficient (Wildman–Crippen LogP) is 9.70. The quantitative estimate of drug-likeness (QED) is 0.108. The highest BCUT2D eigenvalue weighted by molar-refractivity contribution is 5.42. The molecule has 0 aliphatic heterocycles. The van der Waals surface area contributed by atoms with Crippen LogP contribution >= 0.6 is 0 Å². The van der Waals surface area contributed by atoms with Gasteiger partial charge in [0.2, 0.25) is 0 Å². The van der Waals surface area contributed by atoms with Crippen LogP contribution in [0.2, 0.25) is 0 Å². The fraction of sp³-hybridized carbons (Fsp3) is 0.778. The number of aromatic hydroxyl groups is 1. The number of terminal acetylenes is 1. The van der Waals surface area contributed by atoms with Crippen molar-refractivity contribution in [3.05, 3.63) is 29.3 Å². The van der Waals surface area contributed by atoms with Gasteiger partial charge in [-0.1, -0.05) is 44.6 Å². The fourth-order valence-corrected chi connectivity index (χ4v) is 9.03. The van der Waals surface area contributed by atoms with Crippen molar-refractivity contribution >= 4 is 0 Å². The van der Waals surface area contributed by atoms with Gasteiger partial charge in [-0.3, -0.25) is 0 Å². The van der Waals surface area contributed by atoms with E-state index in [-0.39, 0.29) is 42.3 Å². The number of hydrogen-bond donors (Lipinski definition) is 2. The number of fused-ring (bicyclic) bond motifs is 5. The summed E-state index contributed by atoms with van der Waals surface area (Å²) in [5, 5.41) is 21.5. The molecule has 3 aliphatic carbocycles. The van der Waals surface area contributed by atoms with Gasteiger partial charge in [-0.15, -0.1) is 6.42 Å². The van der Waals surface area contributed by atoms with Crippen LogP contribution in [-0.2, 0) is 6.42 Å². The van der Waals surface area contributed by atoms with Crippen LogP contribution in [0.1, 0.15) is 101 Å². The Bertz CT molecular complexity index is 1330. The number of rotatable bonds is 15. The summed E-state index contributed by atoms with van der Waals surface area (Å²) in [6.07, 6.45) is 1.66. The van der Waals surface area contributed by atoms with Crippen molar-refractivity contribution in [1.82, 2.24) is 4.90 Å². The van der Waals surface area contributed by atoms with E-state index in [1.165, 1.54) is 0 Å². The Morgan fingerprint density at radius 3 is 2.14 bits per heavy atom. The lowest BCUT2D eigenvalue weighted by Crippen LogP contribution is -2.60. The molecule has 4 rings (SSSR count). The molecule has 1 aromatic carbocycles. The molecule has 0 radical (unpaired) electrons. The molecular formula is C36H47F10NO2. The van der Waals surface area contributed by atoms with Crippen molar-refractivity contribution in [2.75, 3.05) is 20.1 Å². The summed E-state index contributed by atoms with van der Waals surface area (Å²) in [6.45, 7) is 3.20. The summed E-state index contributed by atoms with van der Waals surface area (Å²) in [5.41, 5.74) is -0.197. The minimum Gasteiger partial charge on any atom is -0.508 e. The molecule has 3 nitrogen and oxygen atoms in total. The molecule has 2 fully saturated rings. The second-order valence-corrected chi connectivity index (χ2v) is 14.9. The van der Waals surface area contributed by atoms with Crippen molar-refractivity contribution in [2.24, 2.45) is 23.2 Å². The number of halogens is 10. The maximum atomic E-state index is 16.1. The molecule has 278 valence electrons. The Balaban J connectivity index is 1.22. The first kappa shape index (κ1) is 39.6. The van der Waals surface area contributed by atoms with Crippen molar-refractivity contribution in [3.63, 3.8) is 0 Å². The molecule has 2 saturated carbocycles. The molecule has 0 bridgehead atoms. The minimum absolute atomic E-state index is 0.00291. The van der Waals surface area contributed by atoms with E-state index in [1.54, 1.807) is 12.1 Å². The van der Waals surface area contributed by atoms with Crippen LogP contribution < -0.4 is 0 Å². The first-order valence-electron chi connectivity index (χ1n) is 17.2. The molecule has 3 aliphatic rings. The van der Waals surface area contributed by atoms with Crippen molar-refractivity contribution in [3.8, 4) is 18.1 Å². The van der Waals surface area contributed by atoms with Gasteiger partial charge in [-0.05, 0) is 113 Å². The normalized spacial score (nSPS) is 30.5. The van der Waals surface area contributed by atoms with E-state index in [0.717, 1.165) is 43.2 Å². The third-order valence-corrected chi connectivity index (χ3v) is 11.8. The van der Waals surface area contributed by atoms with E-state index in [2.05, 4.69) is 5.92 Å². The summed E-state index contributed by atoms with van der Waals surface area (Å²) >= 11 is 0. The van der Waals surface area contributed by atoms with E-state index in [0.29, 0.717) is 38.8 Å². The summed E-state index contributed by atoms with van der Waals surface area (Å²) in [5.74, 6) is -16.3. The van der Waals surface area contributed by atoms with Crippen molar-refractivity contribution < 1.29 is 54.1 Å². The monoisotopic (exact) mass is 715 g/mol. The van der Waals surface area contributed by atoms with Gasteiger partial charge < -0.3 is 15.1 Å². The van der Waals surface area contributed by atoms with Gasteiger partial charge in [0.1, 0.15) is 17.5 Å². The van der Waals surface area contributed by atoms with Gasteiger partial charge in [0.25, 0.3) is 0 Å². The third kappa shape index (κ3) is 7.42. The smallest absolute Gasteiger partial charge is 0.460 e. The Morgan fingerprint density at radius 1 is 0.918 bits per heavy atom. The van der Waals surface area contributed by atoms with Gasteiger partial charge in [0.15, 0.2) is 0 Å². The molecule has 0 spiro atoms. The zero-order valence-corrected chi connectivity index (χ0v) is 27.9. The highest BCUT2D eigenvalue weighted by Gasteiger charge is 2.81. The second kappa shape index (κ2) is 14.4. The molecule has 7 atom stereocenters. The Morgan fingerprint density at radius 2 is 1.53 bits per heavy atom. The minimum atomic E-state index is -6.85. The summed E-state index contributed by atoms with van der Waals surface area (Å²) in [6, 6.07) is 5.17. The van der Waals surface area contributed by atoms with E-state index in [4.69, 9.17) is 6.42 Å². The molecule has 0 aromatic heterocycles. The SMILES string of the molecule is C#C[C@@]1(O)CC[C@H]2[C@@H]3[C@H](CCCCCN(C)CCCCCCC(F)(F)C(F)(F)C(F)(F)C(F)(F)F)Cc4cc(O)ccc4[C@H]3[C@@H](F)C[C@@]21C. The van der Waals surface area contributed by atoms with Crippen molar-refractivity contribution in [2.45, 2.75) is 132 Å². The summed E-state index contributed by atoms with van der Waals surface area (Å²) in [4.78, 5) is 2.02. The average molecular weight is 716 g/mol. The van der Waals surface area contributed by atoms with Gasteiger partial charge >= 0.3 is 23.9 Å². The molecule has 1 aromatic rings. The van der Waals surface area contributed by atoms with Gasteiger partial charge in [-0.2, -0.15) is 39.5 Å². The van der Waals surface area contributed by atoms with E-state index in [9.17, 15) is 49.7 Å². The molecule has 13 heteroatoms. The Labute approximate surface area is 281 Å². The average Bonchev–Trinajstić information content (AvgIpc) is 3.27. The molecule has 0 amide bonds. The first-order valence-corrected chi connectivity index (χ1v) is 17.2. The topological polar surface area (TPSA) is 43.7 Å². The van der Waals surface area contributed by atoms with Crippen LogP contribution in [-0.4, -0.2) is 71.0 Å². The number of nitrogens with zero attached hydrogens (tertiary/aromatic N) is 1. The number of unbranched alkanes of at least 4 members (excludes halogenated alkanes) is 5. The van der Waals surface area contributed by atoms with E-state index >= 15 is 4.39 Å². The molecular weight excluding hydrogens is 668 g/mol. The highest BCUT2D eigenvalue weighted by Crippen LogP contribution is 2.66. The van der Waals surface area contributed by atoms with Crippen LogP contribution in [0.15, 0.2) is 18.2 Å². The van der Waals surface area contributed by atoms with E-state index < -0.39 is 54.0 Å². The second-order valence-electron chi connectivity index (χ2n) is 14.9. The molecule has 0 saturated heterocycles. The molecule has 0 heterocycles. The predicted molar refractivity (Wildman–Crippen MR) is 166 cm³/mol. The van der Waals surface area contributed by atoms with Crippen LogP contribution in [0.5, 0.6) is 5.75 Å². The maximum Gasteiger partial charge on any atom is 0.460 e. The number of phenolic OH excluding ortho intramolecular Hbond substituents is 1. The number of aliphatic hydroxyl groups is 1. The van der Waals surface area contributed by atoms with Gasteiger partial charge in [0.05, 0.1) is 0 Å². The van der Waals surface area contributed by atoms with Crippen LogP contribution in [0.3, 0.4) is 0 Å². The number of hydrogen-bond acceptors (Lipinski definition) is 3. The molecule has 49 heavy (non-hydrogen) atoms. The summed E-state index contributed by atoms with van der Waals surface area (Å²) in [7, 11) is 1.86.